The highest BCUT2D eigenvalue weighted by atomic mass is 32.2. The van der Waals surface area contributed by atoms with Crippen LogP contribution < -0.4 is 19.8 Å². The molecule has 0 unspecified atom stereocenters. The van der Waals surface area contributed by atoms with Gasteiger partial charge in [-0.1, -0.05) is 6.07 Å². The van der Waals surface area contributed by atoms with Crippen LogP contribution in [0.1, 0.15) is 0 Å². The van der Waals surface area contributed by atoms with E-state index in [1.165, 1.54) is 42.2 Å². The molecule has 0 fully saturated rings. The van der Waals surface area contributed by atoms with E-state index < -0.39 is 10.0 Å². The van der Waals surface area contributed by atoms with E-state index in [2.05, 4.69) is 25.0 Å². The van der Waals surface area contributed by atoms with Crippen molar-refractivity contribution in [2.45, 2.75) is 10.1 Å². The summed E-state index contributed by atoms with van der Waals surface area (Å²) in [6.45, 7) is 0. The topological polar surface area (TPSA) is 127 Å². The normalized spacial score (nSPS) is 11.3. The van der Waals surface area contributed by atoms with E-state index in [0.29, 0.717) is 5.69 Å². The molecule has 0 aliphatic heterocycles. The molecule has 2 aromatic carbocycles. The Morgan fingerprint density at radius 3 is 2.69 bits per heavy atom. The smallest absolute Gasteiger partial charge is 0.315 e. The van der Waals surface area contributed by atoms with Gasteiger partial charge in [0.2, 0.25) is 5.91 Å². The summed E-state index contributed by atoms with van der Waals surface area (Å²) in [7, 11) is -2.17. The van der Waals surface area contributed by atoms with Gasteiger partial charge in [0.1, 0.15) is 11.6 Å². The molecule has 2 aromatic heterocycles. The molecule has 9 nitrogen and oxygen atoms in total. The molecule has 0 bridgehead atoms. The summed E-state index contributed by atoms with van der Waals surface area (Å²) in [5.74, 6) is 0.917. The number of aromatic amines is 2. The molecule has 4 rings (SSSR count). The number of hydrogen-bond donors (Lipinski definition) is 3. The lowest BCUT2D eigenvalue weighted by atomic mass is 10.3. The van der Waals surface area contributed by atoms with Gasteiger partial charge < -0.3 is 10.1 Å². The van der Waals surface area contributed by atoms with Gasteiger partial charge in [-0.2, -0.15) is 0 Å². The molecule has 0 aliphatic rings. The first-order chi connectivity index (χ1) is 15.4. The van der Waals surface area contributed by atoms with Crippen molar-refractivity contribution in [3.05, 3.63) is 66.9 Å². The summed E-state index contributed by atoms with van der Waals surface area (Å²) in [5, 5.41) is 3.50. The maximum absolute atomic E-state index is 12.5. The first-order valence-electron chi connectivity index (χ1n) is 9.48. The van der Waals surface area contributed by atoms with Gasteiger partial charge >= 0.3 is 5.16 Å². The van der Waals surface area contributed by atoms with E-state index in [-0.39, 0.29) is 22.4 Å². The Labute approximate surface area is 188 Å². The lowest BCUT2D eigenvalue weighted by molar-refractivity contribution is -0.396. The molecule has 0 aliphatic carbocycles. The van der Waals surface area contributed by atoms with Gasteiger partial charge in [0.25, 0.3) is 10.0 Å². The molecule has 0 radical (unpaired) electrons. The van der Waals surface area contributed by atoms with Crippen LogP contribution in [0.25, 0.3) is 11.0 Å². The fourth-order valence-corrected chi connectivity index (χ4v) is 4.60. The molecule has 0 spiro atoms. The molecule has 164 valence electrons. The molecular weight excluding hydrogens is 450 g/mol. The second-order valence-electron chi connectivity index (χ2n) is 6.67. The number of thioether (sulfide) groups is 1. The Morgan fingerprint density at radius 2 is 1.97 bits per heavy atom. The van der Waals surface area contributed by atoms with Crippen LogP contribution in [0.15, 0.2) is 76.9 Å². The molecule has 0 atom stereocenters. The number of anilines is 2. The first-order valence-corrected chi connectivity index (χ1v) is 12.0. The van der Waals surface area contributed by atoms with Crippen molar-refractivity contribution in [2.24, 2.45) is 0 Å². The molecular formula is C21H20N5O4S2+. The summed E-state index contributed by atoms with van der Waals surface area (Å²) < 4.78 is 32.5. The predicted octanol–water partition coefficient (Wildman–Crippen LogP) is 2.92. The number of rotatable bonds is 8. The number of methoxy groups -OCH3 is 1. The number of sulfonamides is 1. The molecule has 4 aromatic rings. The summed E-state index contributed by atoms with van der Waals surface area (Å²) in [6.07, 6.45) is 1.50. The number of ether oxygens (including phenoxy) is 1. The Kier molecular flexibility index (Phi) is 6.28. The van der Waals surface area contributed by atoms with Crippen LogP contribution in [-0.2, 0) is 14.8 Å². The number of amides is 1. The minimum absolute atomic E-state index is 0.0682. The van der Waals surface area contributed by atoms with Crippen molar-refractivity contribution in [2.75, 3.05) is 22.9 Å². The third-order valence-electron chi connectivity index (χ3n) is 4.42. The van der Waals surface area contributed by atoms with Crippen molar-refractivity contribution in [1.29, 1.82) is 0 Å². The van der Waals surface area contributed by atoms with E-state index in [1.54, 1.807) is 25.3 Å². The molecule has 32 heavy (non-hydrogen) atoms. The standard InChI is InChI=1S/C21H19N5O4S2/c1-30-15-7-10-17-18(12-15)25-21(24-17)31-13-20(27)23-14-5-8-16(9-6-14)32(28,29)26-19-4-2-3-11-22-19/h2-12H,13H2,1H3,(H,22,26)(H,23,27)(H,24,25)/p+1. The number of carbonyl (C=O) groups is 1. The van der Waals surface area contributed by atoms with Gasteiger partial charge in [-0.05, 0) is 60.3 Å². The third-order valence-corrected chi connectivity index (χ3v) is 6.69. The van der Waals surface area contributed by atoms with E-state index in [1.807, 2.05) is 18.2 Å². The lowest BCUT2D eigenvalue weighted by Crippen LogP contribution is -2.16. The number of carbonyl (C=O) groups excluding carboxylic acids is 1. The zero-order chi connectivity index (χ0) is 22.6. The average molecular weight is 471 g/mol. The molecule has 0 saturated heterocycles. The highest BCUT2D eigenvalue weighted by molar-refractivity contribution is 7.99. The van der Waals surface area contributed by atoms with Crippen LogP contribution in [0.4, 0.5) is 11.5 Å². The predicted molar refractivity (Wildman–Crippen MR) is 122 cm³/mol. The first kappa shape index (κ1) is 21.7. The zero-order valence-corrected chi connectivity index (χ0v) is 18.6. The molecule has 2 heterocycles. The highest BCUT2D eigenvalue weighted by Crippen LogP contribution is 2.21. The van der Waals surface area contributed by atoms with Gasteiger partial charge in [-0.25, -0.2) is 23.4 Å². The van der Waals surface area contributed by atoms with Crippen molar-refractivity contribution >= 4 is 50.2 Å². The second kappa shape index (κ2) is 9.28. The van der Waals surface area contributed by atoms with E-state index in [0.717, 1.165) is 21.9 Å². The number of hydrogen-bond acceptors (Lipinski definition) is 6. The Bertz CT molecular complexity index is 1340. The highest BCUT2D eigenvalue weighted by Gasteiger charge is 2.16. The Morgan fingerprint density at radius 1 is 1.16 bits per heavy atom. The number of pyridine rings is 1. The minimum Gasteiger partial charge on any atom is -0.497 e. The number of fused-ring (bicyclic) bond motifs is 1. The zero-order valence-electron chi connectivity index (χ0n) is 17.0. The van der Waals surface area contributed by atoms with E-state index >= 15 is 0 Å². The average Bonchev–Trinajstić information content (AvgIpc) is 3.20. The Balaban J connectivity index is 1.34. The fraction of sp³-hybridized carbons (Fsp3) is 0.0952. The van der Waals surface area contributed by atoms with Crippen LogP contribution in [0.5, 0.6) is 5.75 Å². The van der Waals surface area contributed by atoms with E-state index in [4.69, 9.17) is 4.74 Å². The number of benzene rings is 2. The summed E-state index contributed by atoms with van der Waals surface area (Å²) >= 11 is 1.32. The van der Waals surface area contributed by atoms with Crippen LogP contribution >= 0.6 is 11.8 Å². The van der Waals surface area contributed by atoms with Crippen LogP contribution in [0.3, 0.4) is 0 Å². The van der Waals surface area contributed by atoms with Crippen molar-refractivity contribution in [3.8, 4) is 5.75 Å². The van der Waals surface area contributed by atoms with Crippen molar-refractivity contribution in [1.82, 2.24) is 9.97 Å². The third kappa shape index (κ3) is 5.18. The van der Waals surface area contributed by atoms with Gasteiger partial charge in [-0.3, -0.25) is 9.52 Å². The molecule has 11 heteroatoms. The Hall–Kier alpha value is -3.57. The van der Waals surface area contributed by atoms with Crippen molar-refractivity contribution < 1.29 is 22.9 Å². The number of aromatic nitrogens is 3. The maximum atomic E-state index is 12.5. The quantitative estimate of drug-likeness (QED) is 0.340. The molecule has 0 saturated carbocycles. The van der Waals surface area contributed by atoms with Crippen LogP contribution in [0.2, 0.25) is 0 Å². The number of imidazole rings is 1. The largest absolute Gasteiger partial charge is 0.497 e. The van der Waals surface area contributed by atoms with Crippen molar-refractivity contribution in [3.63, 3.8) is 0 Å². The van der Waals surface area contributed by atoms with Gasteiger partial charge in [0.05, 0.1) is 17.8 Å². The summed E-state index contributed by atoms with van der Waals surface area (Å²) in [4.78, 5) is 22.7. The van der Waals surface area contributed by atoms with Crippen LogP contribution in [0, 0.1) is 0 Å². The van der Waals surface area contributed by atoms with E-state index in [9.17, 15) is 13.2 Å². The number of nitrogens with zero attached hydrogens (tertiary/aromatic N) is 1. The van der Waals surface area contributed by atoms with Crippen LogP contribution in [-0.4, -0.2) is 37.2 Å². The lowest BCUT2D eigenvalue weighted by Gasteiger charge is -2.08. The number of nitrogens with one attached hydrogen (secondary N) is 4. The van der Waals surface area contributed by atoms with Gasteiger partial charge in [-0.15, -0.1) is 0 Å². The maximum Gasteiger partial charge on any atom is 0.315 e. The monoisotopic (exact) mass is 470 g/mol. The van der Waals surface area contributed by atoms with Gasteiger partial charge in [0.15, 0.2) is 11.0 Å². The number of H-pyrrole nitrogens is 2. The summed E-state index contributed by atoms with van der Waals surface area (Å²) in [6, 6.07) is 16.5. The summed E-state index contributed by atoms with van der Waals surface area (Å²) in [5.41, 5.74) is 2.28. The SMILES string of the molecule is COc1ccc2[nH+]c(SCC(=O)Nc3ccc(S(=O)(=O)Nc4ccccn4)cc3)[nH]c2c1. The molecule has 4 N–H and O–H groups in total. The molecule has 1 amide bonds. The fourth-order valence-electron chi connectivity index (χ4n) is 2.88. The second-order valence-corrected chi connectivity index (χ2v) is 9.34. The minimum atomic E-state index is -3.77. The van der Waals surface area contributed by atoms with Gasteiger partial charge in [0, 0.05) is 18.0 Å².